The molecule has 3 saturated heterocycles. The van der Waals surface area contributed by atoms with E-state index in [1.54, 1.807) is 14.9 Å². The monoisotopic (exact) mass is 393 g/mol. The van der Waals surface area contributed by atoms with Gasteiger partial charge in [-0.2, -0.15) is 17.0 Å². The van der Waals surface area contributed by atoms with Crippen LogP contribution in [0.3, 0.4) is 0 Å². The Hall–Kier alpha value is -1.25. The Bertz CT molecular complexity index is 747. The zero-order valence-electron chi connectivity index (χ0n) is 16.4. The van der Waals surface area contributed by atoms with Crippen LogP contribution in [-0.4, -0.2) is 66.3 Å². The second-order valence-electron chi connectivity index (χ2n) is 8.52. The molecule has 4 rings (SSSR count). The molecular formula is C19H31N5O2S. The number of fused-ring (bicyclic) bond motifs is 1. The van der Waals surface area contributed by atoms with Gasteiger partial charge in [-0.3, -0.25) is 0 Å². The van der Waals surface area contributed by atoms with Gasteiger partial charge in [-0.1, -0.05) is 26.7 Å². The second-order valence-corrected chi connectivity index (χ2v) is 10.4. The van der Waals surface area contributed by atoms with Gasteiger partial charge in [0, 0.05) is 51.0 Å². The molecule has 7 nitrogen and oxygen atoms in total. The van der Waals surface area contributed by atoms with Crippen LogP contribution in [0.1, 0.15) is 51.1 Å². The third kappa shape index (κ3) is 3.84. The van der Waals surface area contributed by atoms with Crippen molar-refractivity contribution in [3.05, 3.63) is 18.1 Å². The topological polar surface area (TPSA) is 69.6 Å². The molecule has 3 fully saturated rings. The number of aromatic nitrogens is 2. The van der Waals surface area contributed by atoms with Crippen LogP contribution in [0.15, 0.2) is 12.4 Å². The summed E-state index contributed by atoms with van der Waals surface area (Å²) in [5.74, 6) is 2.14. The fourth-order valence-electron chi connectivity index (χ4n) is 4.61. The standard InChI is InChI=1S/C19H31N5O2S/c1-15(2)18-9-19(21-14-20-18)22-10-16-12-24(13-17(16)11-22)27(25,26)23-7-5-3-4-6-8-23/h9,14-17H,3-8,10-13H2,1-2H3. The molecule has 0 aromatic carbocycles. The van der Waals surface area contributed by atoms with Crippen molar-refractivity contribution in [3.63, 3.8) is 0 Å². The van der Waals surface area contributed by atoms with Crippen molar-refractivity contribution in [2.24, 2.45) is 11.8 Å². The van der Waals surface area contributed by atoms with Crippen molar-refractivity contribution >= 4 is 16.0 Å². The summed E-state index contributed by atoms with van der Waals surface area (Å²) in [6, 6.07) is 2.08. The van der Waals surface area contributed by atoms with Gasteiger partial charge >= 0.3 is 0 Å². The Morgan fingerprint density at radius 3 is 2.15 bits per heavy atom. The van der Waals surface area contributed by atoms with Gasteiger partial charge in [-0.15, -0.1) is 0 Å². The minimum Gasteiger partial charge on any atom is -0.356 e. The first kappa shape index (κ1) is 19.1. The molecule has 1 aromatic heterocycles. The Balaban J connectivity index is 1.41. The minimum atomic E-state index is -3.30. The van der Waals surface area contributed by atoms with Gasteiger partial charge in [0.1, 0.15) is 12.1 Å². The van der Waals surface area contributed by atoms with E-state index in [1.165, 1.54) is 0 Å². The fraction of sp³-hybridized carbons (Fsp3) is 0.789. The molecule has 0 spiro atoms. The molecule has 0 aliphatic carbocycles. The van der Waals surface area contributed by atoms with Gasteiger partial charge < -0.3 is 4.90 Å². The van der Waals surface area contributed by atoms with E-state index in [4.69, 9.17) is 0 Å². The molecule has 2 unspecified atom stereocenters. The van der Waals surface area contributed by atoms with Gasteiger partial charge in [0.2, 0.25) is 0 Å². The maximum absolute atomic E-state index is 13.1. The molecule has 4 heterocycles. The largest absolute Gasteiger partial charge is 0.356 e. The predicted octanol–water partition coefficient (Wildman–Crippen LogP) is 2.09. The molecule has 150 valence electrons. The molecule has 2 atom stereocenters. The van der Waals surface area contributed by atoms with Crippen molar-refractivity contribution in [3.8, 4) is 0 Å². The lowest BCUT2D eigenvalue weighted by Crippen LogP contribution is -2.44. The lowest BCUT2D eigenvalue weighted by Gasteiger charge is -2.28. The molecular weight excluding hydrogens is 362 g/mol. The van der Waals surface area contributed by atoms with Crippen LogP contribution in [-0.2, 0) is 10.2 Å². The number of nitrogens with zero attached hydrogens (tertiary/aromatic N) is 5. The van der Waals surface area contributed by atoms with Gasteiger partial charge in [0.25, 0.3) is 10.2 Å². The van der Waals surface area contributed by atoms with Crippen LogP contribution in [0.5, 0.6) is 0 Å². The zero-order chi connectivity index (χ0) is 19.0. The van der Waals surface area contributed by atoms with E-state index in [-0.39, 0.29) is 0 Å². The molecule has 27 heavy (non-hydrogen) atoms. The first-order valence-corrected chi connectivity index (χ1v) is 11.7. The van der Waals surface area contributed by atoms with Crippen LogP contribution in [0.25, 0.3) is 0 Å². The van der Waals surface area contributed by atoms with E-state index in [0.717, 1.165) is 50.3 Å². The third-order valence-electron chi connectivity index (χ3n) is 6.26. The van der Waals surface area contributed by atoms with Gasteiger partial charge in [-0.05, 0) is 30.6 Å². The summed E-state index contributed by atoms with van der Waals surface area (Å²) in [5.41, 5.74) is 1.06. The van der Waals surface area contributed by atoms with Crippen LogP contribution in [0.2, 0.25) is 0 Å². The van der Waals surface area contributed by atoms with Gasteiger partial charge in [0.05, 0.1) is 0 Å². The Kier molecular flexibility index (Phi) is 5.40. The van der Waals surface area contributed by atoms with Gasteiger partial charge in [0.15, 0.2) is 0 Å². The maximum atomic E-state index is 13.1. The second kappa shape index (κ2) is 7.64. The lowest BCUT2D eigenvalue weighted by atomic mass is 10.0. The summed E-state index contributed by atoms with van der Waals surface area (Å²) >= 11 is 0. The Morgan fingerprint density at radius 2 is 1.56 bits per heavy atom. The summed E-state index contributed by atoms with van der Waals surface area (Å²) in [4.78, 5) is 11.1. The first-order chi connectivity index (χ1) is 12.9. The first-order valence-electron chi connectivity index (χ1n) is 10.3. The third-order valence-corrected chi connectivity index (χ3v) is 8.23. The van der Waals surface area contributed by atoms with Crippen LogP contribution in [0.4, 0.5) is 5.82 Å². The van der Waals surface area contributed by atoms with Crippen molar-refractivity contribution in [2.45, 2.75) is 45.4 Å². The normalized spacial score (nSPS) is 27.9. The average molecular weight is 394 g/mol. The van der Waals surface area contributed by atoms with Crippen molar-refractivity contribution in [2.75, 3.05) is 44.2 Å². The summed E-state index contributed by atoms with van der Waals surface area (Å²) < 4.78 is 29.6. The molecule has 0 bridgehead atoms. The molecule has 3 aliphatic heterocycles. The number of rotatable bonds is 4. The maximum Gasteiger partial charge on any atom is 0.281 e. The van der Waals surface area contributed by atoms with E-state index in [0.29, 0.717) is 43.9 Å². The molecule has 0 saturated carbocycles. The van der Waals surface area contributed by atoms with Crippen molar-refractivity contribution in [1.29, 1.82) is 0 Å². The molecule has 0 N–H and O–H groups in total. The highest BCUT2D eigenvalue weighted by Gasteiger charge is 2.45. The molecule has 8 heteroatoms. The van der Waals surface area contributed by atoms with E-state index < -0.39 is 10.2 Å². The van der Waals surface area contributed by atoms with Crippen molar-refractivity contribution in [1.82, 2.24) is 18.6 Å². The Morgan fingerprint density at radius 1 is 0.926 bits per heavy atom. The van der Waals surface area contributed by atoms with Crippen LogP contribution in [0, 0.1) is 11.8 Å². The van der Waals surface area contributed by atoms with E-state index in [1.807, 2.05) is 0 Å². The highest BCUT2D eigenvalue weighted by Crippen LogP contribution is 2.35. The fourth-order valence-corrected chi connectivity index (χ4v) is 6.42. The highest BCUT2D eigenvalue weighted by atomic mass is 32.2. The number of hydrogen-bond acceptors (Lipinski definition) is 5. The van der Waals surface area contributed by atoms with E-state index in [2.05, 4.69) is 34.8 Å². The van der Waals surface area contributed by atoms with Crippen LogP contribution >= 0.6 is 0 Å². The minimum absolute atomic E-state index is 0.378. The van der Waals surface area contributed by atoms with Gasteiger partial charge in [-0.25, -0.2) is 9.97 Å². The summed E-state index contributed by atoms with van der Waals surface area (Å²) in [6.45, 7) is 8.67. The molecule has 0 radical (unpaired) electrons. The smallest absolute Gasteiger partial charge is 0.281 e. The number of hydrogen-bond donors (Lipinski definition) is 0. The molecule has 0 amide bonds. The Labute approximate surface area is 163 Å². The summed E-state index contributed by atoms with van der Waals surface area (Å²) in [5, 5.41) is 0. The zero-order valence-corrected chi connectivity index (χ0v) is 17.2. The predicted molar refractivity (Wildman–Crippen MR) is 106 cm³/mol. The average Bonchev–Trinajstić information content (AvgIpc) is 3.10. The van der Waals surface area contributed by atoms with E-state index in [9.17, 15) is 8.42 Å². The summed E-state index contributed by atoms with van der Waals surface area (Å²) in [6.07, 6.45) is 5.90. The molecule has 1 aromatic rings. The number of anilines is 1. The van der Waals surface area contributed by atoms with Crippen LogP contribution < -0.4 is 4.90 Å². The summed E-state index contributed by atoms with van der Waals surface area (Å²) in [7, 11) is -3.30. The lowest BCUT2D eigenvalue weighted by molar-refractivity contribution is 0.359. The SMILES string of the molecule is CC(C)c1cc(N2CC3CN(S(=O)(=O)N4CCCCCC4)CC3C2)ncn1. The molecule has 3 aliphatic rings. The van der Waals surface area contributed by atoms with Crippen molar-refractivity contribution < 1.29 is 8.42 Å². The van der Waals surface area contributed by atoms with E-state index >= 15 is 0 Å². The highest BCUT2D eigenvalue weighted by molar-refractivity contribution is 7.86. The quantitative estimate of drug-likeness (QED) is 0.783.